The number of hydrogen-bond donors (Lipinski definition) is 2. The van der Waals surface area contributed by atoms with Crippen molar-refractivity contribution >= 4 is 12.1 Å². The molecule has 0 unspecified atom stereocenters. The maximum atomic E-state index is 12.2. The molecule has 0 fully saturated rings. The molecule has 8 nitrogen and oxygen atoms in total. The maximum Gasteiger partial charge on any atom is 0.289 e. The zero-order valence-corrected chi connectivity index (χ0v) is 15.0. The minimum Gasteiger partial charge on any atom is -0.493 e. The molecule has 140 valence electrons. The third-order valence-corrected chi connectivity index (χ3v) is 3.75. The highest BCUT2D eigenvalue weighted by molar-refractivity contribution is 5.94. The number of H-pyrrole nitrogens is 1. The number of nitrogens with one attached hydrogen (secondary N) is 2. The van der Waals surface area contributed by atoms with E-state index in [1.165, 1.54) is 13.3 Å². The molecule has 2 N–H and O–H groups in total. The molecule has 0 spiro atoms. The minimum atomic E-state index is -0.410. The fourth-order valence-electron chi connectivity index (χ4n) is 2.41. The summed E-state index contributed by atoms with van der Waals surface area (Å²) >= 11 is 0. The Hall–Kier alpha value is -4.12. The molecule has 3 rings (SSSR count). The summed E-state index contributed by atoms with van der Waals surface area (Å²) in [6.45, 7) is -0.0744. The van der Waals surface area contributed by atoms with Crippen molar-refractivity contribution in [2.75, 3.05) is 13.7 Å². The molecule has 0 aliphatic rings. The number of hydrazone groups is 1. The molecule has 0 aliphatic heterocycles. The number of benzene rings is 2. The predicted octanol–water partition coefficient (Wildman–Crippen LogP) is 2.75. The van der Waals surface area contributed by atoms with Crippen molar-refractivity contribution < 1.29 is 14.3 Å². The second kappa shape index (κ2) is 9.00. The van der Waals surface area contributed by atoms with Crippen LogP contribution in [0.5, 0.6) is 11.5 Å². The molecule has 28 heavy (non-hydrogen) atoms. The first kappa shape index (κ1) is 18.7. The molecular weight excluding hydrogens is 358 g/mol. The molecule has 3 aromatic rings. The lowest BCUT2D eigenvalue weighted by molar-refractivity contribution is 0.0950. The summed E-state index contributed by atoms with van der Waals surface area (Å²) in [5, 5.41) is 19.4. The lowest BCUT2D eigenvalue weighted by atomic mass is 10.1. The van der Waals surface area contributed by atoms with Crippen LogP contribution in [0.3, 0.4) is 0 Å². The zero-order valence-electron chi connectivity index (χ0n) is 15.0. The van der Waals surface area contributed by atoms with E-state index in [-0.39, 0.29) is 6.61 Å². The van der Waals surface area contributed by atoms with E-state index in [2.05, 4.69) is 20.7 Å². The van der Waals surface area contributed by atoms with Crippen LogP contribution in [0.1, 0.15) is 16.1 Å². The van der Waals surface area contributed by atoms with E-state index in [9.17, 15) is 4.79 Å². The van der Waals surface area contributed by atoms with Gasteiger partial charge in [0.25, 0.3) is 5.91 Å². The molecular formula is C20H17N5O3. The number of hydrogen-bond acceptors (Lipinski definition) is 6. The number of aromatic amines is 1. The highest BCUT2D eigenvalue weighted by atomic mass is 16.5. The molecule has 2 aromatic carbocycles. The maximum absolute atomic E-state index is 12.2. The van der Waals surface area contributed by atoms with Crippen molar-refractivity contribution in [3.05, 3.63) is 65.9 Å². The Morgan fingerprint density at radius 3 is 2.82 bits per heavy atom. The summed E-state index contributed by atoms with van der Waals surface area (Å²) in [5.41, 5.74) is 5.02. The van der Waals surface area contributed by atoms with Gasteiger partial charge in [0, 0.05) is 5.56 Å². The van der Waals surface area contributed by atoms with Crippen molar-refractivity contribution in [2.24, 2.45) is 5.10 Å². The first-order chi connectivity index (χ1) is 13.7. The van der Waals surface area contributed by atoms with Gasteiger partial charge in [0.1, 0.15) is 11.8 Å². The van der Waals surface area contributed by atoms with Gasteiger partial charge >= 0.3 is 0 Å². The van der Waals surface area contributed by atoms with E-state index in [1.807, 2.05) is 36.4 Å². The number of nitriles is 1. The van der Waals surface area contributed by atoms with Crippen molar-refractivity contribution in [2.45, 2.75) is 0 Å². The van der Waals surface area contributed by atoms with Gasteiger partial charge in [-0.2, -0.15) is 15.5 Å². The summed E-state index contributed by atoms with van der Waals surface area (Å²) in [5.74, 6) is 0.509. The molecule has 1 aromatic heterocycles. The van der Waals surface area contributed by atoms with Gasteiger partial charge in [-0.3, -0.25) is 9.89 Å². The Morgan fingerprint density at radius 2 is 2.07 bits per heavy atom. The van der Waals surface area contributed by atoms with Crippen LogP contribution < -0.4 is 14.9 Å². The summed E-state index contributed by atoms with van der Waals surface area (Å²) < 4.78 is 10.5. The number of carbonyl (C=O) groups excluding carboxylic acids is 1. The topological polar surface area (TPSA) is 112 Å². The Bertz CT molecular complexity index is 1020. The fourth-order valence-corrected chi connectivity index (χ4v) is 2.41. The van der Waals surface area contributed by atoms with Gasteiger partial charge < -0.3 is 9.47 Å². The molecule has 1 heterocycles. The Balaban J connectivity index is 1.64. The summed E-state index contributed by atoms with van der Waals surface area (Å²) in [7, 11) is 1.50. The molecule has 0 saturated heterocycles. The van der Waals surface area contributed by atoms with Crippen LogP contribution >= 0.6 is 0 Å². The number of ether oxygens (including phenoxy) is 2. The average molecular weight is 375 g/mol. The normalized spacial score (nSPS) is 10.4. The Kier molecular flexibility index (Phi) is 6.00. The van der Waals surface area contributed by atoms with E-state index >= 15 is 0 Å². The van der Waals surface area contributed by atoms with Gasteiger partial charge in [-0.15, -0.1) is 0 Å². The van der Waals surface area contributed by atoms with Gasteiger partial charge in [-0.1, -0.05) is 30.3 Å². The first-order valence-electron chi connectivity index (χ1n) is 8.33. The van der Waals surface area contributed by atoms with Gasteiger partial charge in [0.05, 0.1) is 19.0 Å². The molecule has 0 bridgehead atoms. The third-order valence-electron chi connectivity index (χ3n) is 3.75. The predicted molar refractivity (Wildman–Crippen MR) is 103 cm³/mol. The van der Waals surface area contributed by atoms with Crippen LogP contribution in [0.15, 0.2) is 59.7 Å². The van der Waals surface area contributed by atoms with Crippen LogP contribution in [-0.2, 0) is 0 Å². The highest BCUT2D eigenvalue weighted by Crippen LogP contribution is 2.27. The summed E-state index contributed by atoms with van der Waals surface area (Å²) in [4.78, 5) is 12.2. The summed E-state index contributed by atoms with van der Waals surface area (Å²) in [6.07, 6.45) is 1.48. The highest BCUT2D eigenvalue weighted by Gasteiger charge is 2.10. The molecule has 8 heteroatoms. The average Bonchev–Trinajstić information content (AvgIpc) is 3.23. The van der Waals surface area contributed by atoms with E-state index in [0.717, 1.165) is 5.56 Å². The number of methoxy groups -OCH3 is 1. The van der Waals surface area contributed by atoms with Crippen LogP contribution in [0.4, 0.5) is 0 Å². The van der Waals surface area contributed by atoms with Gasteiger partial charge in [0.2, 0.25) is 0 Å². The fraction of sp³-hybridized carbons (Fsp3) is 0.100. The lowest BCUT2D eigenvalue weighted by Gasteiger charge is -2.08. The van der Waals surface area contributed by atoms with E-state index in [4.69, 9.17) is 14.7 Å². The van der Waals surface area contributed by atoms with Crippen molar-refractivity contribution in [3.8, 4) is 28.8 Å². The van der Waals surface area contributed by atoms with Crippen molar-refractivity contribution in [1.29, 1.82) is 5.26 Å². The number of aromatic nitrogens is 2. The van der Waals surface area contributed by atoms with Crippen LogP contribution in [0, 0.1) is 11.3 Å². The van der Waals surface area contributed by atoms with Crippen LogP contribution in [0.2, 0.25) is 0 Å². The smallest absolute Gasteiger partial charge is 0.289 e. The Labute approximate surface area is 161 Å². The second-order valence-corrected chi connectivity index (χ2v) is 5.59. The van der Waals surface area contributed by atoms with Crippen LogP contribution in [-0.4, -0.2) is 36.0 Å². The first-order valence-corrected chi connectivity index (χ1v) is 8.33. The summed E-state index contributed by atoms with van der Waals surface area (Å²) in [6, 6.07) is 18.2. The van der Waals surface area contributed by atoms with E-state index in [1.54, 1.807) is 24.3 Å². The van der Waals surface area contributed by atoms with E-state index in [0.29, 0.717) is 28.5 Å². The molecule has 0 atom stereocenters. The molecule has 1 amide bonds. The van der Waals surface area contributed by atoms with Crippen LogP contribution in [0.25, 0.3) is 11.3 Å². The molecule has 0 saturated carbocycles. The Morgan fingerprint density at radius 1 is 1.25 bits per heavy atom. The largest absolute Gasteiger partial charge is 0.493 e. The zero-order chi connectivity index (χ0) is 19.8. The SMILES string of the molecule is COc1cc(/C=N\NC(=O)c2cc(-c3ccccc3)n[nH]2)ccc1OCC#N. The monoisotopic (exact) mass is 375 g/mol. The lowest BCUT2D eigenvalue weighted by Crippen LogP contribution is -2.18. The van der Waals surface area contributed by atoms with Gasteiger partial charge in [0.15, 0.2) is 18.1 Å². The quantitative estimate of drug-likeness (QED) is 0.487. The molecule has 0 aliphatic carbocycles. The number of nitrogens with zero attached hydrogens (tertiary/aromatic N) is 3. The number of rotatable bonds is 7. The van der Waals surface area contributed by atoms with Gasteiger partial charge in [-0.25, -0.2) is 5.43 Å². The standard InChI is InChI=1S/C20H17N5O3/c1-27-19-11-14(7-8-18(19)28-10-9-21)13-22-25-20(26)17-12-16(23-24-17)15-5-3-2-4-6-15/h2-8,11-13H,10H2,1H3,(H,23,24)(H,25,26)/b22-13-. The van der Waals surface area contributed by atoms with E-state index < -0.39 is 5.91 Å². The number of carbonyl (C=O) groups is 1. The molecule has 0 radical (unpaired) electrons. The van der Waals surface area contributed by atoms with Crippen molar-refractivity contribution in [3.63, 3.8) is 0 Å². The third kappa shape index (κ3) is 4.53. The number of amides is 1. The second-order valence-electron chi connectivity index (χ2n) is 5.59. The van der Waals surface area contributed by atoms with Crippen molar-refractivity contribution in [1.82, 2.24) is 15.6 Å². The minimum absolute atomic E-state index is 0.0744. The van der Waals surface area contributed by atoms with Gasteiger partial charge in [-0.05, 0) is 29.8 Å².